The lowest BCUT2D eigenvalue weighted by Crippen LogP contribution is -2.53. The molecule has 7 fully saturated rings. The number of hydrogen-bond donors (Lipinski definition) is 8. The van der Waals surface area contributed by atoms with Gasteiger partial charge in [0.05, 0.1) is 29.5 Å². The number of nitrogens with one attached hydrogen (secondary N) is 2. The summed E-state index contributed by atoms with van der Waals surface area (Å²) in [4.78, 5) is 37.6. The van der Waals surface area contributed by atoms with Gasteiger partial charge in [0, 0.05) is 98.9 Å². The van der Waals surface area contributed by atoms with E-state index in [9.17, 15) is 97.7 Å². The van der Waals surface area contributed by atoms with Crippen molar-refractivity contribution in [3.63, 3.8) is 0 Å². The zero-order valence-electron chi connectivity index (χ0n) is 63.8. The molecule has 0 radical (unpaired) electrons. The largest absolute Gasteiger partial charge is 0.462 e. The molecule has 12 aliphatic rings. The van der Waals surface area contributed by atoms with Gasteiger partial charge in [0.1, 0.15) is 69.8 Å². The minimum Gasteiger partial charge on any atom is -0.462 e. The van der Waals surface area contributed by atoms with Gasteiger partial charge in [-0.3, -0.25) is 14.9 Å². The molecule has 12 N–H and O–H groups in total. The summed E-state index contributed by atoms with van der Waals surface area (Å²) >= 11 is 20.5. The van der Waals surface area contributed by atoms with Crippen LogP contribution in [-0.2, 0) is 56.4 Å². The lowest BCUT2D eigenvalue weighted by Gasteiger charge is -2.36. The molecule has 674 valence electrons. The summed E-state index contributed by atoms with van der Waals surface area (Å²) in [7, 11) is 0. The number of aliphatic hydroxyl groups is 1. The molecule has 8 unspecified atom stereocenters. The fourth-order valence-corrected chi connectivity index (χ4v) is 16.5. The predicted octanol–water partition coefficient (Wildman–Crippen LogP) is 18.8. The van der Waals surface area contributed by atoms with Gasteiger partial charge < -0.3 is 57.1 Å². The van der Waals surface area contributed by atoms with Crippen molar-refractivity contribution < 1.29 is 132 Å². The highest BCUT2D eigenvalue weighted by Crippen LogP contribution is 2.65. The topological polar surface area (TPSA) is 315 Å². The Kier molecular flexibility index (Phi) is 28.6. The number of aliphatic imine (C=N–C) groups is 3. The molecule has 124 heavy (non-hydrogen) atoms. The summed E-state index contributed by atoms with van der Waals surface area (Å²) in [6.07, 6.45) is -24.4. The maximum Gasteiger partial charge on any atom is 0.418 e. The van der Waals surface area contributed by atoms with Crippen LogP contribution in [0.1, 0.15) is 104 Å². The number of amidine groups is 3. The van der Waals surface area contributed by atoms with Gasteiger partial charge in [-0.1, -0.05) is 97.4 Å². The van der Waals surface area contributed by atoms with Crippen molar-refractivity contribution in [1.29, 1.82) is 0 Å². The van der Waals surface area contributed by atoms with Crippen LogP contribution in [0.15, 0.2) is 170 Å². The van der Waals surface area contributed by atoms with Crippen LogP contribution in [0.25, 0.3) is 0 Å². The van der Waals surface area contributed by atoms with Crippen LogP contribution in [0.4, 0.5) is 93.5 Å². The van der Waals surface area contributed by atoms with E-state index in [1.807, 2.05) is 19.3 Å². The standard InChI is InChI=1S/C19H13BrF4N2O2.C12H9BrF4N2O.C12H11F4N3O.C11H8BrF4NO.C11H10BrF4NO.C5H8ClNO.C5H7NO.C2H4BrNO/c20-11-6-7-14(21)12(8-11)18(19(22,23)24)13-9-15(13)28-17(26-18)25-16(27)10-4-2-1-3-5-10;13-5-1-2-8(14)6(3-5)11(12(15,16)17)7-4-9(7)20-10(18)19-11;13-8-2-1-5(17)3-6(8)11(12(14,15)16)7-4-9(7)20-10(18)19-11;12-5-1-2-8(13)6(3-5)10(11(14,15)16)7-4-9(7)18-17-10;12-5-1-2-8(13)6(3-5)10(17,11(14,15)16)7-4-9(7)18;1-4-2-5(3-6)8-7-4;1-3-4-2-5(4)7-6-3;1-2(3)4-5/h1-8,13,15H,9H2,(H,25,26,27);1-3,7,9H,4H2,(H2,18,19);1-3,7,9H,4,17H2,(H2,18,19);1-3,7,9,17H,4H2;1-3,7,9,18H,4,17H2;5H,2-3H2,1H3;4-5H,2H2,1H3;5H,1H3/b;;;;;;;4-2+/t13-,15?,18+;2*7-,9?,11+;2*7-,9?,10+;;;/m00000.../s1. The van der Waals surface area contributed by atoms with Crippen molar-refractivity contribution in [1.82, 2.24) is 10.8 Å². The van der Waals surface area contributed by atoms with Crippen LogP contribution in [-0.4, -0.2) is 130 Å². The monoisotopic (exact) mass is 2120 g/mol. The third kappa shape index (κ3) is 20.2. The second-order valence-electron chi connectivity index (χ2n) is 30.1. The maximum absolute atomic E-state index is 14.5. The molecular weight excluding hydrogens is 2050 g/mol. The summed E-state index contributed by atoms with van der Waals surface area (Å²) in [5.74, 6) is -9.29. The Hall–Kier alpha value is -7.86. The summed E-state index contributed by atoms with van der Waals surface area (Å²) in [6.45, 7) is 5.60. The number of alkyl halides is 16. The van der Waals surface area contributed by atoms with E-state index in [1.54, 1.807) is 25.1 Å². The number of aliphatic hydroxyl groups excluding tert-OH is 1. The molecule has 47 heteroatoms. The summed E-state index contributed by atoms with van der Waals surface area (Å²) in [6, 6.07) is 22.8. The zero-order chi connectivity index (χ0) is 91.5. The van der Waals surface area contributed by atoms with Crippen LogP contribution in [0, 0.1) is 64.6 Å². The van der Waals surface area contributed by atoms with E-state index in [0.717, 1.165) is 72.8 Å². The van der Waals surface area contributed by atoms with Gasteiger partial charge >= 0.3 is 30.9 Å². The third-order valence-electron chi connectivity index (χ3n) is 21.5. The van der Waals surface area contributed by atoms with Gasteiger partial charge in [0.25, 0.3) is 24.0 Å². The number of nitrogen functional groups attached to an aromatic ring is 1. The summed E-state index contributed by atoms with van der Waals surface area (Å²) in [5, 5.41) is 29.4. The SMILES string of the molecule is C/C(Br)=N\O.CC1=NOC(CCl)C1.CC1=NOC2CC12.Fc1ccc(Br)cc1[C@@]1(C(F)(F)F)NOC2C[C@@H]21.NC1=N[C@@](c2cc(Br)ccc2F)(C(F)(F)F)[C@H]2CC2O1.NC1=N[C@@](c2cc(N)ccc2F)(C(F)(F)F)[C@H]2CC2O1.N[C@](c1cc(Br)ccc1F)([C@H]1CC1O)C(F)(F)F.O=C(NC1=N[C@@](c2cc(Br)ccc2F)(C(F)(F)F)[C@H]2CC2O1)c1ccccc1. The number of benzene rings is 6. The van der Waals surface area contributed by atoms with Crippen LogP contribution >= 0.6 is 91.3 Å². The molecule has 6 aromatic rings. The van der Waals surface area contributed by atoms with E-state index in [2.05, 4.69) is 115 Å². The molecule has 6 aromatic carbocycles. The Morgan fingerprint density at radius 3 is 1.35 bits per heavy atom. The lowest BCUT2D eigenvalue weighted by atomic mass is 9.83. The van der Waals surface area contributed by atoms with E-state index in [1.165, 1.54) is 54.6 Å². The smallest absolute Gasteiger partial charge is 0.418 e. The molecule has 21 nitrogen and oxygen atoms in total. The Bertz CT molecular complexity index is 5060. The number of amides is 1. The molecule has 0 spiro atoms. The first-order valence-corrected chi connectivity index (χ1v) is 41.3. The van der Waals surface area contributed by atoms with Crippen LogP contribution < -0.4 is 33.7 Å². The van der Waals surface area contributed by atoms with E-state index in [4.69, 9.17) is 68.5 Å². The molecule has 6 heterocycles. The van der Waals surface area contributed by atoms with Crippen LogP contribution in [0.5, 0.6) is 0 Å². The number of oxime groups is 3. The molecule has 6 aliphatic heterocycles. The van der Waals surface area contributed by atoms with E-state index < -0.39 is 200 Å². The Balaban J connectivity index is 0.000000143. The summed E-state index contributed by atoms with van der Waals surface area (Å²) in [5.41, 5.74) is 9.73. The second-order valence-corrected chi connectivity index (χ2v) is 35.2. The molecular formula is C77H70Br5ClF20N12O9. The number of hydrogen-bond acceptors (Lipinski definition) is 20. The fourth-order valence-electron chi connectivity index (χ4n) is 14.9. The highest BCUT2D eigenvalue weighted by Gasteiger charge is 2.76. The molecule has 6 aliphatic carbocycles. The molecule has 1 saturated heterocycles. The number of anilines is 1. The van der Waals surface area contributed by atoms with Crippen molar-refractivity contribution in [3.05, 3.63) is 202 Å². The number of ether oxygens (including phenoxy) is 3. The normalized spacial score (nSPS) is 29.9. The lowest BCUT2D eigenvalue weighted by molar-refractivity contribution is -0.223. The quantitative estimate of drug-likeness (QED) is 0.0175. The minimum atomic E-state index is -4.89. The predicted molar refractivity (Wildman–Crippen MR) is 427 cm³/mol. The number of rotatable bonds is 8. The van der Waals surface area contributed by atoms with Crippen LogP contribution in [0.2, 0.25) is 0 Å². The minimum absolute atomic E-state index is 0.0301. The van der Waals surface area contributed by atoms with Crippen molar-refractivity contribution in [3.8, 4) is 0 Å². The first-order valence-electron chi connectivity index (χ1n) is 36.8. The highest BCUT2D eigenvalue weighted by atomic mass is 79.9. The van der Waals surface area contributed by atoms with Crippen molar-refractivity contribution in [2.24, 2.45) is 83.2 Å². The molecule has 0 aromatic heterocycles. The van der Waals surface area contributed by atoms with Gasteiger partial charge in [-0.15, -0.1) is 11.6 Å². The third-order valence-corrected chi connectivity index (χ3v) is 24.0. The van der Waals surface area contributed by atoms with Gasteiger partial charge in [-0.05, 0) is 178 Å². The molecule has 0 bridgehead atoms. The van der Waals surface area contributed by atoms with E-state index >= 15 is 0 Å². The number of fused-ring (bicyclic) bond motifs is 5. The number of nitrogens with zero attached hydrogens (tertiary/aromatic N) is 6. The van der Waals surface area contributed by atoms with Gasteiger partial charge in [-0.2, -0.15) is 71.3 Å². The van der Waals surface area contributed by atoms with Crippen molar-refractivity contribution >= 4 is 137 Å². The Morgan fingerprint density at radius 2 is 0.984 bits per heavy atom. The molecule has 1 amide bonds. The number of halogens is 26. The Morgan fingerprint density at radius 1 is 0.556 bits per heavy atom. The maximum atomic E-state index is 14.5. The zero-order valence-corrected chi connectivity index (χ0v) is 72.5. The molecule has 6 saturated carbocycles. The number of carbonyl (C=O) groups excluding carboxylic acids is 1. The number of nitrogens with two attached hydrogens (primary N) is 4. The fraction of sp³-hybridized carbons (Fsp3) is 0.442. The van der Waals surface area contributed by atoms with Gasteiger partial charge in [0.2, 0.25) is 0 Å². The number of carbonyl (C=O) groups is 1. The highest BCUT2D eigenvalue weighted by molar-refractivity contribution is 9.18. The second kappa shape index (κ2) is 36.7. The van der Waals surface area contributed by atoms with Crippen molar-refractivity contribution in [2.45, 2.75) is 167 Å². The molecule has 18 atom stereocenters. The average Bonchev–Trinajstić information content (AvgIpc) is 1.54. The van der Waals surface area contributed by atoms with Crippen molar-refractivity contribution in [2.75, 3.05) is 11.6 Å². The summed E-state index contributed by atoms with van der Waals surface area (Å²) < 4.78 is 291. The van der Waals surface area contributed by atoms with Gasteiger partial charge in [-0.25, -0.2) is 36.9 Å². The Labute approximate surface area is 738 Å². The van der Waals surface area contributed by atoms with Gasteiger partial charge in [0.15, 0.2) is 22.2 Å². The van der Waals surface area contributed by atoms with E-state index in [-0.39, 0.29) is 43.0 Å². The van der Waals surface area contributed by atoms with Crippen LogP contribution in [0.3, 0.4) is 0 Å². The van der Waals surface area contributed by atoms with E-state index in [0.29, 0.717) is 46.8 Å². The first-order chi connectivity index (χ1) is 57.7. The first kappa shape index (κ1) is 96.8. The average molecular weight is 2120 g/mol. The molecule has 18 rings (SSSR count). The number of hydroxylamine groups is 1.